The summed E-state index contributed by atoms with van der Waals surface area (Å²) in [5.74, 6) is 0.831. The summed E-state index contributed by atoms with van der Waals surface area (Å²) in [4.78, 5) is 12.1. The molecule has 2 unspecified atom stereocenters. The molecule has 2 atom stereocenters. The van der Waals surface area contributed by atoms with Crippen molar-refractivity contribution in [3.05, 3.63) is 29.8 Å². The summed E-state index contributed by atoms with van der Waals surface area (Å²) in [5, 5.41) is 6.50. The fraction of sp³-hybridized carbons (Fsp3) is 0.533. The molecule has 0 bridgehead atoms. The van der Waals surface area contributed by atoms with Crippen molar-refractivity contribution in [1.82, 2.24) is 10.6 Å². The lowest BCUT2D eigenvalue weighted by atomic mass is 9.99. The summed E-state index contributed by atoms with van der Waals surface area (Å²) in [6.07, 6.45) is 2.53. The molecule has 5 heteroatoms. The highest BCUT2D eigenvalue weighted by molar-refractivity contribution is 5.85. The van der Waals surface area contributed by atoms with Crippen molar-refractivity contribution in [3.63, 3.8) is 0 Å². The maximum absolute atomic E-state index is 12.1. The molecule has 2 N–H and O–H groups in total. The van der Waals surface area contributed by atoms with Gasteiger partial charge in [0.15, 0.2) is 0 Å². The highest BCUT2D eigenvalue weighted by Gasteiger charge is 2.22. The summed E-state index contributed by atoms with van der Waals surface area (Å²) in [5.41, 5.74) is 0.930. The summed E-state index contributed by atoms with van der Waals surface area (Å²) < 4.78 is 5.26. The summed E-state index contributed by atoms with van der Waals surface area (Å²) in [6, 6.07) is 8.23. The number of amides is 1. The predicted molar refractivity (Wildman–Crippen MR) is 82.6 cm³/mol. The van der Waals surface area contributed by atoms with E-state index in [0.717, 1.165) is 30.7 Å². The van der Waals surface area contributed by atoms with Crippen LogP contribution >= 0.6 is 12.4 Å². The molecule has 20 heavy (non-hydrogen) atoms. The van der Waals surface area contributed by atoms with Crippen LogP contribution in [0.25, 0.3) is 0 Å². The third-order valence-corrected chi connectivity index (χ3v) is 3.65. The van der Waals surface area contributed by atoms with E-state index in [2.05, 4.69) is 17.6 Å². The highest BCUT2D eigenvalue weighted by atomic mass is 35.5. The largest absolute Gasteiger partial charge is 0.496 e. The van der Waals surface area contributed by atoms with Crippen molar-refractivity contribution in [2.24, 2.45) is 0 Å². The van der Waals surface area contributed by atoms with Gasteiger partial charge in [0.2, 0.25) is 5.91 Å². The molecule has 0 aliphatic carbocycles. The number of piperidine rings is 1. The van der Waals surface area contributed by atoms with Crippen LogP contribution < -0.4 is 15.4 Å². The molecule has 2 rings (SSSR count). The van der Waals surface area contributed by atoms with Crippen LogP contribution in [-0.4, -0.2) is 31.6 Å². The molecule has 0 saturated carbocycles. The third kappa shape index (κ3) is 4.39. The molecule has 0 radical (unpaired) electrons. The number of carbonyl (C=O) groups is 1. The lowest BCUT2D eigenvalue weighted by molar-refractivity contribution is -0.121. The predicted octanol–water partition coefficient (Wildman–Crippen LogP) is 1.92. The SMILES string of the molecule is COc1ccccc1CC(=O)NC1CCCNC1C.Cl. The summed E-state index contributed by atoms with van der Waals surface area (Å²) >= 11 is 0. The first-order chi connectivity index (χ1) is 9.20. The maximum atomic E-state index is 12.1. The zero-order valence-electron chi connectivity index (χ0n) is 12.0. The second-order valence-corrected chi connectivity index (χ2v) is 5.05. The van der Waals surface area contributed by atoms with Crippen LogP contribution in [0.5, 0.6) is 5.75 Å². The van der Waals surface area contributed by atoms with Gasteiger partial charge in [0.05, 0.1) is 13.5 Å². The van der Waals surface area contributed by atoms with E-state index in [0.29, 0.717) is 12.5 Å². The second-order valence-electron chi connectivity index (χ2n) is 5.05. The minimum atomic E-state index is 0. The van der Waals surface area contributed by atoms with Gasteiger partial charge in [0, 0.05) is 17.6 Å². The molecule has 1 amide bonds. The lowest BCUT2D eigenvalue weighted by Crippen LogP contribution is -2.52. The molecule has 1 fully saturated rings. The molecule has 1 aliphatic heterocycles. The van der Waals surface area contributed by atoms with Gasteiger partial charge in [0.1, 0.15) is 5.75 Å². The van der Waals surface area contributed by atoms with Crippen LogP contribution in [0.4, 0.5) is 0 Å². The number of rotatable bonds is 4. The Labute approximate surface area is 126 Å². The van der Waals surface area contributed by atoms with Gasteiger partial charge in [-0.25, -0.2) is 0 Å². The quantitative estimate of drug-likeness (QED) is 0.893. The number of para-hydroxylation sites is 1. The molecule has 112 valence electrons. The highest BCUT2D eigenvalue weighted by Crippen LogP contribution is 2.18. The molecule has 1 aliphatic rings. The first-order valence-corrected chi connectivity index (χ1v) is 6.85. The Morgan fingerprint density at radius 2 is 2.20 bits per heavy atom. The van der Waals surface area contributed by atoms with E-state index >= 15 is 0 Å². The first kappa shape index (κ1) is 16.8. The van der Waals surface area contributed by atoms with Crippen molar-refractivity contribution >= 4 is 18.3 Å². The molecule has 0 spiro atoms. The fourth-order valence-electron chi connectivity index (χ4n) is 2.52. The van der Waals surface area contributed by atoms with Crippen molar-refractivity contribution in [2.45, 2.75) is 38.3 Å². The molecule has 4 nitrogen and oxygen atoms in total. The van der Waals surface area contributed by atoms with Gasteiger partial charge in [-0.05, 0) is 32.4 Å². The maximum Gasteiger partial charge on any atom is 0.224 e. The van der Waals surface area contributed by atoms with E-state index in [9.17, 15) is 4.79 Å². The van der Waals surface area contributed by atoms with Crippen molar-refractivity contribution < 1.29 is 9.53 Å². The first-order valence-electron chi connectivity index (χ1n) is 6.85. The van der Waals surface area contributed by atoms with E-state index in [1.54, 1.807) is 7.11 Å². The number of hydrogen-bond acceptors (Lipinski definition) is 3. The minimum absolute atomic E-state index is 0. The standard InChI is InChI=1S/C15H22N2O2.ClH/c1-11-13(7-5-9-16-11)17-15(18)10-12-6-3-4-8-14(12)19-2;/h3-4,6,8,11,13,16H,5,7,9-10H2,1-2H3,(H,17,18);1H. The van der Waals surface area contributed by atoms with E-state index in [1.165, 1.54) is 0 Å². The van der Waals surface area contributed by atoms with Crippen molar-refractivity contribution in [3.8, 4) is 5.75 Å². The monoisotopic (exact) mass is 298 g/mol. The minimum Gasteiger partial charge on any atom is -0.496 e. The summed E-state index contributed by atoms with van der Waals surface area (Å²) in [7, 11) is 1.63. The van der Waals surface area contributed by atoms with Gasteiger partial charge in [-0.15, -0.1) is 12.4 Å². The Balaban J connectivity index is 0.00000200. The molecule has 1 heterocycles. The molecular formula is C15H23ClN2O2. The molecular weight excluding hydrogens is 276 g/mol. The molecule has 0 aromatic heterocycles. The molecule has 1 aromatic rings. The van der Waals surface area contributed by atoms with Gasteiger partial charge in [-0.3, -0.25) is 4.79 Å². The van der Waals surface area contributed by atoms with Gasteiger partial charge in [0.25, 0.3) is 0 Å². The van der Waals surface area contributed by atoms with Crippen LogP contribution in [0.15, 0.2) is 24.3 Å². The van der Waals surface area contributed by atoms with Gasteiger partial charge in [-0.1, -0.05) is 18.2 Å². The zero-order valence-corrected chi connectivity index (χ0v) is 12.8. The van der Waals surface area contributed by atoms with Gasteiger partial charge < -0.3 is 15.4 Å². The number of halogens is 1. The Kier molecular flexibility index (Phi) is 6.82. The van der Waals surface area contributed by atoms with Crippen LogP contribution in [0.1, 0.15) is 25.3 Å². The average molecular weight is 299 g/mol. The Morgan fingerprint density at radius 1 is 1.45 bits per heavy atom. The van der Waals surface area contributed by atoms with Crippen molar-refractivity contribution in [1.29, 1.82) is 0 Å². The van der Waals surface area contributed by atoms with Crippen LogP contribution in [-0.2, 0) is 11.2 Å². The topological polar surface area (TPSA) is 50.4 Å². The average Bonchev–Trinajstić information content (AvgIpc) is 2.42. The fourth-order valence-corrected chi connectivity index (χ4v) is 2.52. The van der Waals surface area contributed by atoms with E-state index in [4.69, 9.17) is 4.74 Å². The van der Waals surface area contributed by atoms with Crippen LogP contribution in [0, 0.1) is 0 Å². The van der Waals surface area contributed by atoms with E-state index < -0.39 is 0 Å². The molecule has 1 aromatic carbocycles. The van der Waals surface area contributed by atoms with Gasteiger partial charge in [-0.2, -0.15) is 0 Å². The third-order valence-electron chi connectivity index (χ3n) is 3.65. The number of ether oxygens (including phenoxy) is 1. The zero-order chi connectivity index (χ0) is 13.7. The van der Waals surface area contributed by atoms with Gasteiger partial charge >= 0.3 is 0 Å². The number of benzene rings is 1. The normalized spacial score (nSPS) is 21.7. The van der Waals surface area contributed by atoms with Crippen LogP contribution in [0.3, 0.4) is 0 Å². The Bertz CT molecular complexity index is 440. The Morgan fingerprint density at radius 3 is 2.90 bits per heavy atom. The lowest BCUT2D eigenvalue weighted by Gasteiger charge is -2.30. The summed E-state index contributed by atoms with van der Waals surface area (Å²) in [6.45, 7) is 3.16. The number of nitrogens with one attached hydrogen (secondary N) is 2. The Hall–Kier alpha value is -1.26. The smallest absolute Gasteiger partial charge is 0.224 e. The second kappa shape index (κ2) is 8.12. The number of methoxy groups -OCH3 is 1. The molecule has 1 saturated heterocycles. The number of carbonyl (C=O) groups excluding carboxylic acids is 1. The van der Waals surface area contributed by atoms with E-state index in [1.807, 2.05) is 24.3 Å². The van der Waals surface area contributed by atoms with E-state index in [-0.39, 0.29) is 24.4 Å². The number of hydrogen-bond donors (Lipinski definition) is 2. The van der Waals surface area contributed by atoms with Crippen molar-refractivity contribution in [2.75, 3.05) is 13.7 Å². The van der Waals surface area contributed by atoms with Crippen LogP contribution in [0.2, 0.25) is 0 Å².